The SMILES string of the molecule is C.Cc1cc(C(=O)O)ccc1OC(F)(F)F.O=C(O)c1ccc(OC(F)(F)F)c(Br)c1. The van der Waals surface area contributed by atoms with E-state index in [1.165, 1.54) is 6.92 Å². The number of hydrogen-bond donors (Lipinski definition) is 2. The number of rotatable bonds is 4. The van der Waals surface area contributed by atoms with Gasteiger partial charge in [-0.05, 0) is 64.8 Å². The Morgan fingerprint density at radius 1 is 0.806 bits per heavy atom. The zero-order valence-corrected chi connectivity index (χ0v) is 16.2. The maximum absolute atomic E-state index is 11.8. The predicted octanol–water partition coefficient (Wildman–Crippen LogP) is 6.27. The number of carboxylic acid groups (broad SMARTS) is 2. The minimum absolute atomic E-state index is 0. The van der Waals surface area contributed by atoms with Gasteiger partial charge < -0.3 is 19.7 Å². The van der Waals surface area contributed by atoms with Gasteiger partial charge in [-0.1, -0.05) is 7.43 Å². The number of ether oxygens (including phenoxy) is 2. The van der Waals surface area contributed by atoms with Crippen LogP contribution in [0.25, 0.3) is 0 Å². The fourth-order valence-electron chi connectivity index (χ4n) is 1.86. The molecule has 0 aliphatic carbocycles. The van der Waals surface area contributed by atoms with Crippen molar-refractivity contribution in [2.45, 2.75) is 27.1 Å². The van der Waals surface area contributed by atoms with E-state index in [0.29, 0.717) is 0 Å². The van der Waals surface area contributed by atoms with Gasteiger partial charge in [-0.2, -0.15) is 0 Å². The van der Waals surface area contributed by atoms with Gasteiger partial charge in [0.15, 0.2) is 0 Å². The lowest BCUT2D eigenvalue weighted by Gasteiger charge is -2.11. The van der Waals surface area contributed by atoms with Crippen LogP contribution in [0.2, 0.25) is 0 Å². The second-order valence-electron chi connectivity index (χ2n) is 5.33. The third-order valence-electron chi connectivity index (χ3n) is 3.05. The number of benzene rings is 2. The van der Waals surface area contributed by atoms with Crippen LogP contribution in [0, 0.1) is 6.92 Å². The summed E-state index contributed by atoms with van der Waals surface area (Å²) in [5.74, 6) is -3.30. The fraction of sp³-hybridized carbons (Fsp3) is 0.222. The number of hydrogen-bond acceptors (Lipinski definition) is 4. The zero-order chi connectivity index (χ0) is 23.3. The summed E-state index contributed by atoms with van der Waals surface area (Å²) in [5.41, 5.74) is -0.0920. The second-order valence-corrected chi connectivity index (χ2v) is 6.19. The molecule has 0 radical (unpaired) electrons. The third-order valence-corrected chi connectivity index (χ3v) is 3.67. The molecule has 0 amide bonds. The Bertz CT molecular complexity index is 851. The van der Waals surface area contributed by atoms with Crippen LogP contribution in [0.15, 0.2) is 40.9 Å². The third kappa shape index (κ3) is 10.1. The summed E-state index contributed by atoms with van der Waals surface area (Å²) in [6.07, 6.45) is -9.57. The summed E-state index contributed by atoms with van der Waals surface area (Å²) in [6.45, 7) is 1.34. The number of alkyl halides is 6. The second kappa shape index (κ2) is 10.9. The summed E-state index contributed by atoms with van der Waals surface area (Å²) < 4.78 is 78.2. The Balaban J connectivity index is 0.000000562. The molecule has 2 rings (SSSR count). The standard InChI is InChI=1S/C9H7F3O3.C8H4BrF3O3.CH4/c1-5-4-6(8(13)14)2-3-7(5)15-9(10,11)12;9-5-3-4(7(13)14)1-2-6(5)15-8(10,11)12;/h2-4H,1H3,(H,13,14);1-3H,(H,13,14);1H4. The van der Waals surface area contributed by atoms with E-state index in [0.717, 1.165) is 36.4 Å². The van der Waals surface area contributed by atoms with E-state index >= 15 is 0 Å². The molecule has 0 fully saturated rings. The van der Waals surface area contributed by atoms with E-state index in [1.807, 2.05) is 0 Å². The van der Waals surface area contributed by atoms with Gasteiger partial charge in [-0.15, -0.1) is 26.3 Å². The van der Waals surface area contributed by atoms with E-state index in [4.69, 9.17) is 10.2 Å². The molecule has 0 aliphatic rings. The highest BCUT2D eigenvalue weighted by Gasteiger charge is 2.32. The number of halogens is 7. The van der Waals surface area contributed by atoms with Crippen LogP contribution in [0.5, 0.6) is 11.5 Å². The molecule has 2 N–H and O–H groups in total. The Morgan fingerprint density at radius 2 is 1.19 bits per heavy atom. The summed E-state index contributed by atoms with van der Waals surface area (Å²) in [7, 11) is 0. The Kier molecular flexibility index (Phi) is 9.85. The van der Waals surface area contributed by atoms with Gasteiger partial charge in [0.05, 0.1) is 15.6 Å². The highest BCUT2D eigenvalue weighted by molar-refractivity contribution is 9.10. The molecule has 0 aromatic heterocycles. The lowest BCUT2D eigenvalue weighted by atomic mass is 10.1. The van der Waals surface area contributed by atoms with E-state index in [9.17, 15) is 35.9 Å². The zero-order valence-electron chi connectivity index (χ0n) is 14.6. The van der Waals surface area contributed by atoms with Crippen molar-refractivity contribution in [1.82, 2.24) is 0 Å². The quantitative estimate of drug-likeness (QED) is 0.461. The molecule has 0 saturated heterocycles. The molecular formula is C18H15BrF6O6. The van der Waals surface area contributed by atoms with Crippen molar-refractivity contribution in [3.05, 3.63) is 57.6 Å². The normalized spacial score (nSPS) is 10.8. The topological polar surface area (TPSA) is 93.1 Å². The summed E-state index contributed by atoms with van der Waals surface area (Å²) in [6, 6.07) is 6.13. The first-order valence-corrected chi connectivity index (χ1v) is 8.26. The van der Waals surface area contributed by atoms with Gasteiger partial charge >= 0.3 is 24.7 Å². The van der Waals surface area contributed by atoms with E-state index < -0.39 is 36.2 Å². The average molecular weight is 521 g/mol. The molecule has 2 aromatic carbocycles. The van der Waals surface area contributed by atoms with Crippen LogP contribution in [-0.4, -0.2) is 34.9 Å². The van der Waals surface area contributed by atoms with Crippen LogP contribution < -0.4 is 9.47 Å². The van der Waals surface area contributed by atoms with Crippen molar-refractivity contribution >= 4 is 27.9 Å². The van der Waals surface area contributed by atoms with Crippen LogP contribution in [0.1, 0.15) is 33.7 Å². The van der Waals surface area contributed by atoms with E-state index in [1.54, 1.807) is 0 Å². The van der Waals surface area contributed by atoms with Crippen LogP contribution in [0.4, 0.5) is 26.3 Å². The van der Waals surface area contributed by atoms with Crippen LogP contribution >= 0.6 is 15.9 Å². The van der Waals surface area contributed by atoms with Gasteiger partial charge in [-0.3, -0.25) is 0 Å². The van der Waals surface area contributed by atoms with E-state index in [2.05, 4.69) is 25.4 Å². The summed E-state index contributed by atoms with van der Waals surface area (Å²) in [4.78, 5) is 21.0. The molecule has 31 heavy (non-hydrogen) atoms. The fourth-order valence-corrected chi connectivity index (χ4v) is 2.32. The summed E-state index contributed by atoms with van der Waals surface area (Å²) >= 11 is 2.78. The van der Waals surface area contributed by atoms with Gasteiger partial charge in [0.2, 0.25) is 0 Å². The Labute approximate surface area is 180 Å². The van der Waals surface area contributed by atoms with Crippen molar-refractivity contribution in [1.29, 1.82) is 0 Å². The molecule has 2 aromatic rings. The number of carboxylic acids is 2. The van der Waals surface area contributed by atoms with Crippen molar-refractivity contribution < 1.29 is 55.6 Å². The van der Waals surface area contributed by atoms with E-state index in [-0.39, 0.29) is 28.6 Å². The van der Waals surface area contributed by atoms with Gasteiger partial charge in [0, 0.05) is 0 Å². The van der Waals surface area contributed by atoms with Crippen LogP contribution in [-0.2, 0) is 0 Å². The number of carbonyl (C=O) groups is 2. The number of aromatic carboxylic acids is 2. The van der Waals surface area contributed by atoms with Crippen molar-refractivity contribution in [2.75, 3.05) is 0 Å². The summed E-state index contributed by atoms with van der Waals surface area (Å²) in [5, 5.41) is 17.1. The molecule has 0 spiro atoms. The highest BCUT2D eigenvalue weighted by atomic mass is 79.9. The Morgan fingerprint density at radius 3 is 1.55 bits per heavy atom. The molecule has 0 atom stereocenters. The molecular weight excluding hydrogens is 506 g/mol. The largest absolute Gasteiger partial charge is 0.573 e. The minimum atomic E-state index is -4.80. The lowest BCUT2D eigenvalue weighted by Crippen LogP contribution is -2.17. The van der Waals surface area contributed by atoms with Crippen molar-refractivity contribution in [3.63, 3.8) is 0 Å². The van der Waals surface area contributed by atoms with Gasteiger partial charge in [0.1, 0.15) is 11.5 Å². The van der Waals surface area contributed by atoms with Crippen molar-refractivity contribution in [3.8, 4) is 11.5 Å². The maximum atomic E-state index is 11.8. The average Bonchev–Trinajstić information content (AvgIpc) is 2.56. The molecule has 0 unspecified atom stereocenters. The van der Waals surface area contributed by atoms with Gasteiger partial charge in [0.25, 0.3) is 0 Å². The highest BCUT2D eigenvalue weighted by Crippen LogP contribution is 2.31. The smallest absolute Gasteiger partial charge is 0.478 e. The lowest BCUT2D eigenvalue weighted by molar-refractivity contribution is -0.275. The maximum Gasteiger partial charge on any atom is 0.573 e. The predicted molar refractivity (Wildman–Crippen MR) is 99.3 cm³/mol. The number of aryl methyl sites for hydroxylation is 1. The van der Waals surface area contributed by atoms with Crippen molar-refractivity contribution in [2.24, 2.45) is 0 Å². The molecule has 6 nitrogen and oxygen atoms in total. The minimum Gasteiger partial charge on any atom is -0.478 e. The van der Waals surface area contributed by atoms with Crippen LogP contribution in [0.3, 0.4) is 0 Å². The monoisotopic (exact) mass is 520 g/mol. The first-order valence-electron chi connectivity index (χ1n) is 7.47. The Hall–Kier alpha value is -2.96. The molecule has 13 heteroatoms. The molecule has 0 heterocycles. The first kappa shape index (κ1) is 28.0. The molecule has 0 saturated carbocycles. The molecule has 0 bridgehead atoms. The molecule has 172 valence electrons. The molecule has 0 aliphatic heterocycles. The van der Waals surface area contributed by atoms with Gasteiger partial charge in [-0.25, -0.2) is 9.59 Å². The first-order chi connectivity index (χ1) is 13.6.